The van der Waals surface area contributed by atoms with Crippen LogP contribution in [0.4, 0.5) is 0 Å². The summed E-state index contributed by atoms with van der Waals surface area (Å²) in [4.78, 5) is 12.1. The van der Waals surface area contributed by atoms with Crippen molar-refractivity contribution in [3.05, 3.63) is 63.1 Å². The second-order valence-electron chi connectivity index (χ2n) is 6.10. The number of nitrogens with zero attached hydrogens (tertiary/aromatic N) is 1. The van der Waals surface area contributed by atoms with Crippen LogP contribution in [-0.2, 0) is 6.54 Å². The summed E-state index contributed by atoms with van der Waals surface area (Å²) in [7, 11) is 0. The Morgan fingerprint density at radius 1 is 1.14 bits per heavy atom. The van der Waals surface area contributed by atoms with Gasteiger partial charge in [-0.15, -0.1) is 0 Å². The Hall–Kier alpha value is -1.87. The van der Waals surface area contributed by atoms with E-state index in [0.29, 0.717) is 12.6 Å². The molecule has 110 valence electrons. The zero-order chi connectivity index (χ0) is 15.0. The molecule has 1 aromatic carbocycles. The van der Waals surface area contributed by atoms with E-state index in [0.717, 1.165) is 16.9 Å². The highest BCUT2D eigenvalue weighted by atomic mass is 16.1. The highest BCUT2D eigenvalue weighted by Gasteiger charge is 2.20. The number of aromatic nitrogens is 1. The second kappa shape index (κ2) is 5.49. The molecule has 21 heavy (non-hydrogen) atoms. The molecule has 1 aliphatic carbocycles. The highest BCUT2D eigenvalue weighted by Crippen LogP contribution is 2.19. The van der Waals surface area contributed by atoms with Gasteiger partial charge in [0.2, 0.25) is 0 Å². The first-order valence-corrected chi connectivity index (χ1v) is 7.58. The van der Waals surface area contributed by atoms with Gasteiger partial charge in [-0.3, -0.25) is 4.79 Å². The first-order valence-electron chi connectivity index (χ1n) is 7.58. The molecule has 0 aliphatic heterocycles. The van der Waals surface area contributed by atoms with Crippen LogP contribution in [0.25, 0.3) is 5.69 Å². The van der Waals surface area contributed by atoms with Crippen molar-refractivity contribution < 1.29 is 0 Å². The van der Waals surface area contributed by atoms with Crippen LogP contribution in [0.5, 0.6) is 0 Å². The molecule has 1 heterocycles. The maximum absolute atomic E-state index is 12.1. The molecule has 1 aliphatic rings. The molecule has 0 unspecified atom stereocenters. The van der Waals surface area contributed by atoms with Gasteiger partial charge in [0.1, 0.15) is 0 Å². The van der Waals surface area contributed by atoms with Gasteiger partial charge in [0, 0.05) is 41.8 Å². The van der Waals surface area contributed by atoms with Crippen molar-refractivity contribution in [1.29, 1.82) is 0 Å². The van der Waals surface area contributed by atoms with E-state index in [1.807, 2.05) is 13.1 Å². The van der Waals surface area contributed by atoms with E-state index in [-0.39, 0.29) is 5.43 Å². The molecule has 1 fully saturated rings. The molecule has 3 rings (SSSR count). The number of rotatable bonds is 4. The van der Waals surface area contributed by atoms with Crippen molar-refractivity contribution in [3.63, 3.8) is 0 Å². The van der Waals surface area contributed by atoms with Gasteiger partial charge < -0.3 is 9.88 Å². The van der Waals surface area contributed by atoms with Crippen LogP contribution in [0.1, 0.15) is 35.2 Å². The van der Waals surface area contributed by atoms with Gasteiger partial charge in [-0.25, -0.2) is 0 Å². The van der Waals surface area contributed by atoms with Crippen molar-refractivity contribution in [2.24, 2.45) is 0 Å². The fourth-order valence-corrected chi connectivity index (χ4v) is 2.50. The maximum atomic E-state index is 12.1. The van der Waals surface area contributed by atoms with E-state index in [2.05, 4.69) is 41.9 Å². The number of hydrogen-bond acceptors (Lipinski definition) is 2. The molecule has 0 saturated heterocycles. The van der Waals surface area contributed by atoms with E-state index in [1.54, 1.807) is 6.07 Å². The third-order valence-corrected chi connectivity index (χ3v) is 4.25. The van der Waals surface area contributed by atoms with Crippen molar-refractivity contribution in [1.82, 2.24) is 9.88 Å². The molecular formula is C18H22N2O. The lowest BCUT2D eigenvalue weighted by molar-refractivity contribution is 0.679. The lowest BCUT2D eigenvalue weighted by Gasteiger charge is -2.14. The molecule has 1 N–H and O–H groups in total. The minimum Gasteiger partial charge on any atom is -0.321 e. The summed E-state index contributed by atoms with van der Waals surface area (Å²) in [6.07, 6.45) is 4.45. The Balaban J connectivity index is 1.97. The Morgan fingerprint density at radius 2 is 1.90 bits per heavy atom. The fourth-order valence-electron chi connectivity index (χ4n) is 2.50. The molecule has 0 radical (unpaired) electrons. The Morgan fingerprint density at radius 3 is 2.57 bits per heavy atom. The number of nitrogens with one attached hydrogen (secondary N) is 1. The third kappa shape index (κ3) is 3.08. The molecule has 2 aromatic rings. The van der Waals surface area contributed by atoms with Gasteiger partial charge in [0.25, 0.3) is 0 Å². The zero-order valence-electron chi connectivity index (χ0n) is 12.9. The summed E-state index contributed by atoms with van der Waals surface area (Å²) in [5.74, 6) is 0. The van der Waals surface area contributed by atoms with Crippen molar-refractivity contribution in [3.8, 4) is 5.69 Å². The van der Waals surface area contributed by atoms with E-state index in [9.17, 15) is 4.79 Å². The predicted octanol–water partition coefficient (Wildman–Crippen LogP) is 3.01. The summed E-state index contributed by atoms with van der Waals surface area (Å²) in [6, 6.07) is 8.76. The van der Waals surface area contributed by atoms with Crippen LogP contribution in [0.2, 0.25) is 0 Å². The van der Waals surface area contributed by atoms with Crippen LogP contribution in [0.15, 0.2) is 35.3 Å². The minimum absolute atomic E-state index is 0.126. The zero-order valence-corrected chi connectivity index (χ0v) is 12.9. The number of benzene rings is 1. The topological polar surface area (TPSA) is 34.0 Å². The van der Waals surface area contributed by atoms with Gasteiger partial charge in [-0.2, -0.15) is 0 Å². The number of aryl methyl sites for hydroxylation is 3. The number of pyridine rings is 1. The molecule has 3 heteroatoms. The van der Waals surface area contributed by atoms with Crippen LogP contribution >= 0.6 is 0 Å². The van der Waals surface area contributed by atoms with Crippen LogP contribution in [-0.4, -0.2) is 10.6 Å². The monoisotopic (exact) mass is 282 g/mol. The molecule has 1 saturated carbocycles. The minimum atomic E-state index is 0.126. The van der Waals surface area contributed by atoms with Crippen LogP contribution < -0.4 is 10.7 Å². The van der Waals surface area contributed by atoms with E-state index in [4.69, 9.17) is 0 Å². The molecule has 0 amide bonds. The SMILES string of the molecule is Cc1ccc(-n2cc(CNC3CC3)c(=O)cc2C)cc1C. The maximum Gasteiger partial charge on any atom is 0.186 e. The van der Waals surface area contributed by atoms with Gasteiger partial charge in [-0.05, 0) is 56.9 Å². The van der Waals surface area contributed by atoms with Crippen molar-refractivity contribution in [2.75, 3.05) is 0 Å². The highest BCUT2D eigenvalue weighted by molar-refractivity contribution is 5.41. The molecule has 0 spiro atoms. The number of hydrogen-bond donors (Lipinski definition) is 1. The quantitative estimate of drug-likeness (QED) is 0.935. The predicted molar refractivity (Wildman–Crippen MR) is 86.1 cm³/mol. The normalized spacial score (nSPS) is 14.4. The summed E-state index contributed by atoms with van der Waals surface area (Å²) in [5, 5.41) is 3.42. The van der Waals surface area contributed by atoms with Crippen molar-refractivity contribution in [2.45, 2.75) is 46.2 Å². The molecule has 0 atom stereocenters. The van der Waals surface area contributed by atoms with Crippen LogP contribution in [0, 0.1) is 20.8 Å². The van der Waals surface area contributed by atoms with E-state index >= 15 is 0 Å². The average Bonchev–Trinajstić information content (AvgIpc) is 3.25. The van der Waals surface area contributed by atoms with Gasteiger partial charge in [0.15, 0.2) is 5.43 Å². The summed E-state index contributed by atoms with van der Waals surface area (Å²) in [6.45, 7) is 6.87. The lowest BCUT2D eigenvalue weighted by Crippen LogP contribution is -2.22. The average molecular weight is 282 g/mol. The Bertz CT molecular complexity index is 726. The molecule has 3 nitrogen and oxygen atoms in total. The summed E-state index contributed by atoms with van der Waals surface area (Å²) < 4.78 is 2.11. The van der Waals surface area contributed by atoms with Crippen LogP contribution in [0.3, 0.4) is 0 Å². The fraction of sp³-hybridized carbons (Fsp3) is 0.389. The Labute approximate surface area is 125 Å². The van der Waals surface area contributed by atoms with E-state index in [1.165, 1.54) is 24.0 Å². The van der Waals surface area contributed by atoms with Gasteiger partial charge in [-0.1, -0.05) is 6.07 Å². The smallest absolute Gasteiger partial charge is 0.186 e. The summed E-state index contributed by atoms with van der Waals surface area (Å²) in [5.41, 5.74) is 5.60. The Kier molecular flexibility index (Phi) is 3.68. The third-order valence-electron chi connectivity index (χ3n) is 4.25. The van der Waals surface area contributed by atoms with Gasteiger partial charge >= 0.3 is 0 Å². The van der Waals surface area contributed by atoms with Crippen molar-refractivity contribution >= 4 is 0 Å². The first kappa shape index (κ1) is 14.1. The molecule has 0 bridgehead atoms. The first-order chi connectivity index (χ1) is 10.0. The van der Waals surface area contributed by atoms with E-state index < -0.39 is 0 Å². The largest absolute Gasteiger partial charge is 0.321 e. The summed E-state index contributed by atoms with van der Waals surface area (Å²) >= 11 is 0. The lowest BCUT2D eigenvalue weighted by atomic mass is 10.1. The second-order valence-corrected chi connectivity index (χ2v) is 6.10. The molecular weight excluding hydrogens is 260 g/mol. The standard InChI is InChI=1S/C18H22N2O/c1-12-4-7-17(8-13(12)2)20-11-15(10-19-16-5-6-16)18(21)9-14(20)3/h4,7-9,11,16,19H,5-6,10H2,1-3H3. The van der Waals surface area contributed by atoms with Gasteiger partial charge in [0.05, 0.1) is 0 Å². The molecule has 1 aromatic heterocycles.